The second-order valence-corrected chi connectivity index (χ2v) is 5.24. The lowest BCUT2D eigenvalue weighted by molar-refractivity contribution is -0.120. The van der Waals surface area contributed by atoms with E-state index in [9.17, 15) is 4.79 Å². The Bertz CT molecular complexity index is 473. The first-order valence-electron chi connectivity index (χ1n) is 7.09. The molecule has 1 saturated carbocycles. The molecule has 0 aromatic heterocycles. The molecule has 0 heterocycles. The van der Waals surface area contributed by atoms with E-state index in [0.717, 1.165) is 37.1 Å². The number of benzene rings is 1. The average Bonchev–Trinajstić information content (AvgIpc) is 2.45. The zero-order valence-corrected chi connectivity index (χ0v) is 11.7. The molecule has 0 aliphatic heterocycles. The number of nitrogens with one attached hydrogen (secondary N) is 1. The molecule has 0 radical (unpaired) electrons. The molecule has 2 atom stereocenters. The summed E-state index contributed by atoms with van der Waals surface area (Å²) in [6.45, 7) is 4.06. The molecule has 3 N–H and O–H groups in total. The third-order valence-electron chi connectivity index (χ3n) is 3.55. The number of amides is 1. The molecular formula is C16H22N2O2. The number of anilines is 1. The van der Waals surface area contributed by atoms with Crippen LogP contribution in [0.2, 0.25) is 0 Å². The summed E-state index contributed by atoms with van der Waals surface area (Å²) < 4.78 is 5.45. The molecule has 0 saturated heterocycles. The van der Waals surface area contributed by atoms with Crippen LogP contribution in [0.1, 0.15) is 25.7 Å². The fourth-order valence-electron chi connectivity index (χ4n) is 2.53. The van der Waals surface area contributed by atoms with Crippen molar-refractivity contribution in [2.24, 2.45) is 11.7 Å². The molecule has 1 aromatic rings. The second-order valence-electron chi connectivity index (χ2n) is 5.24. The van der Waals surface area contributed by atoms with Crippen molar-refractivity contribution in [1.82, 2.24) is 0 Å². The Labute approximate surface area is 120 Å². The van der Waals surface area contributed by atoms with Gasteiger partial charge in [0, 0.05) is 23.7 Å². The number of nitrogens with two attached hydrogens (primary N) is 1. The predicted octanol–water partition coefficient (Wildman–Crippen LogP) is 2.71. The van der Waals surface area contributed by atoms with E-state index < -0.39 is 0 Å². The highest BCUT2D eigenvalue weighted by Crippen LogP contribution is 2.25. The monoisotopic (exact) mass is 274 g/mol. The molecule has 108 valence electrons. The maximum atomic E-state index is 12.2. The van der Waals surface area contributed by atoms with E-state index in [4.69, 9.17) is 10.5 Å². The van der Waals surface area contributed by atoms with Crippen LogP contribution in [-0.2, 0) is 4.79 Å². The van der Waals surface area contributed by atoms with Gasteiger partial charge in [-0.15, -0.1) is 0 Å². The normalized spacial score (nSPS) is 22.1. The van der Waals surface area contributed by atoms with Gasteiger partial charge in [0.25, 0.3) is 0 Å². The van der Waals surface area contributed by atoms with Gasteiger partial charge in [0.1, 0.15) is 12.4 Å². The Kier molecular flexibility index (Phi) is 5.18. The van der Waals surface area contributed by atoms with Crippen molar-refractivity contribution >= 4 is 11.6 Å². The fraction of sp³-hybridized carbons (Fsp3) is 0.438. The van der Waals surface area contributed by atoms with Crippen LogP contribution in [0.15, 0.2) is 36.9 Å². The Morgan fingerprint density at radius 1 is 1.50 bits per heavy atom. The Hall–Kier alpha value is -1.81. The van der Waals surface area contributed by atoms with Gasteiger partial charge >= 0.3 is 0 Å². The Balaban J connectivity index is 1.94. The summed E-state index contributed by atoms with van der Waals surface area (Å²) in [7, 11) is 0. The highest BCUT2D eigenvalue weighted by atomic mass is 16.5. The largest absolute Gasteiger partial charge is 0.489 e. The summed E-state index contributed by atoms with van der Waals surface area (Å²) in [5.74, 6) is 0.806. The standard InChI is InChI=1S/C16H22N2O2/c1-2-9-20-15-8-4-7-14(11-15)18-16(19)12-5-3-6-13(17)10-12/h2,4,7-8,11-13H,1,3,5-6,9-10,17H2,(H,18,19). The van der Waals surface area contributed by atoms with Gasteiger partial charge in [0.05, 0.1) is 0 Å². The lowest BCUT2D eigenvalue weighted by Gasteiger charge is -2.25. The first-order chi connectivity index (χ1) is 9.69. The molecule has 1 fully saturated rings. The predicted molar refractivity (Wildman–Crippen MR) is 80.7 cm³/mol. The van der Waals surface area contributed by atoms with Crippen molar-refractivity contribution in [1.29, 1.82) is 0 Å². The summed E-state index contributed by atoms with van der Waals surface area (Å²) in [6, 6.07) is 7.56. The van der Waals surface area contributed by atoms with Crippen LogP contribution in [0, 0.1) is 5.92 Å². The first-order valence-corrected chi connectivity index (χ1v) is 7.09. The van der Waals surface area contributed by atoms with Crippen LogP contribution in [0.5, 0.6) is 5.75 Å². The number of carbonyl (C=O) groups is 1. The Morgan fingerprint density at radius 3 is 3.10 bits per heavy atom. The minimum atomic E-state index is 0.0245. The third-order valence-corrected chi connectivity index (χ3v) is 3.55. The highest BCUT2D eigenvalue weighted by Gasteiger charge is 2.25. The molecular weight excluding hydrogens is 252 g/mol. The minimum Gasteiger partial charge on any atom is -0.489 e. The molecule has 4 heteroatoms. The van der Waals surface area contributed by atoms with Gasteiger partial charge in [0.15, 0.2) is 0 Å². The van der Waals surface area contributed by atoms with Crippen LogP contribution in [0.4, 0.5) is 5.69 Å². The summed E-state index contributed by atoms with van der Waals surface area (Å²) in [6.07, 6.45) is 5.44. The Morgan fingerprint density at radius 2 is 2.35 bits per heavy atom. The van der Waals surface area contributed by atoms with Crippen molar-refractivity contribution in [2.45, 2.75) is 31.7 Å². The van der Waals surface area contributed by atoms with E-state index in [2.05, 4.69) is 11.9 Å². The molecule has 4 nitrogen and oxygen atoms in total. The van der Waals surface area contributed by atoms with Crippen LogP contribution < -0.4 is 15.8 Å². The molecule has 1 aliphatic rings. The minimum absolute atomic E-state index is 0.0245. The van der Waals surface area contributed by atoms with Crippen molar-refractivity contribution < 1.29 is 9.53 Å². The molecule has 2 rings (SSSR count). The number of hydrogen-bond donors (Lipinski definition) is 2. The second kappa shape index (κ2) is 7.10. The molecule has 20 heavy (non-hydrogen) atoms. The van der Waals surface area contributed by atoms with Gasteiger partial charge in [-0.25, -0.2) is 0 Å². The van der Waals surface area contributed by atoms with E-state index >= 15 is 0 Å². The maximum Gasteiger partial charge on any atom is 0.227 e. The summed E-state index contributed by atoms with van der Waals surface area (Å²) in [5.41, 5.74) is 6.69. The third kappa shape index (κ3) is 4.10. The van der Waals surface area contributed by atoms with Gasteiger partial charge < -0.3 is 15.8 Å². The lowest BCUT2D eigenvalue weighted by atomic mass is 9.85. The van der Waals surface area contributed by atoms with Crippen LogP contribution in [0.3, 0.4) is 0 Å². The molecule has 1 aromatic carbocycles. The molecule has 2 unspecified atom stereocenters. The van der Waals surface area contributed by atoms with Crippen LogP contribution in [0.25, 0.3) is 0 Å². The highest BCUT2D eigenvalue weighted by molar-refractivity contribution is 5.92. The molecule has 1 aliphatic carbocycles. The maximum absolute atomic E-state index is 12.2. The van der Waals surface area contributed by atoms with Gasteiger partial charge in [-0.3, -0.25) is 4.79 Å². The van der Waals surface area contributed by atoms with E-state index in [1.807, 2.05) is 24.3 Å². The summed E-state index contributed by atoms with van der Waals surface area (Å²) >= 11 is 0. The van der Waals surface area contributed by atoms with Gasteiger partial charge in [-0.1, -0.05) is 25.1 Å². The lowest BCUT2D eigenvalue weighted by Crippen LogP contribution is -2.34. The summed E-state index contributed by atoms with van der Waals surface area (Å²) in [4.78, 5) is 12.2. The van der Waals surface area contributed by atoms with Gasteiger partial charge in [0.2, 0.25) is 5.91 Å². The van der Waals surface area contributed by atoms with Crippen molar-refractivity contribution in [2.75, 3.05) is 11.9 Å². The van der Waals surface area contributed by atoms with Crippen molar-refractivity contribution in [3.63, 3.8) is 0 Å². The van der Waals surface area contributed by atoms with E-state index in [1.165, 1.54) is 0 Å². The van der Waals surface area contributed by atoms with Crippen molar-refractivity contribution in [3.8, 4) is 5.75 Å². The molecule has 0 spiro atoms. The van der Waals surface area contributed by atoms with Crippen molar-refractivity contribution in [3.05, 3.63) is 36.9 Å². The van der Waals surface area contributed by atoms with E-state index in [-0.39, 0.29) is 17.9 Å². The zero-order valence-electron chi connectivity index (χ0n) is 11.7. The molecule has 1 amide bonds. The van der Waals surface area contributed by atoms with E-state index in [0.29, 0.717) is 6.61 Å². The van der Waals surface area contributed by atoms with E-state index in [1.54, 1.807) is 6.08 Å². The summed E-state index contributed by atoms with van der Waals surface area (Å²) in [5, 5.41) is 2.95. The van der Waals surface area contributed by atoms with Crippen LogP contribution >= 0.6 is 0 Å². The average molecular weight is 274 g/mol. The first kappa shape index (κ1) is 14.6. The number of hydrogen-bond acceptors (Lipinski definition) is 3. The molecule has 0 bridgehead atoms. The van der Waals surface area contributed by atoms with Gasteiger partial charge in [-0.05, 0) is 31.4 Å². The fourth-order valence-corrected chi connectivity index (χ4v) is 2.53. The van der Waals surface area contributed by atoms with Gasteiger partial charge in [-0.2, -0.15) is 0 Å². The topological polar surface area (TPSA) is 64.3 Å². The number of ether oxygens (including phenoxy) is 1. The number of carbonyl (C=O) groups excluding carboxylic acids is 1. The number of rotatable bonds is 5. The SMILES string of the molecule is C=CCOc1cccc(NC(=O)C2CCCC(N)C2)c1. The smallest absolute Gasteiger partial charge is 0.227 e. The quantitative estimate of drug-likeness (QED) is 0.811. The zero-order chi connectivity index (χ0) is 14.4. The van der Waals surface area contributed by atoms with Crippen LogP contribution in [-0.4, -0.2) is 18.6 Å².